The van der Waals surface area contributed by atoms with E-state index in [1.165, 1.54) is 13.2 Å². The molecule has 1 aromatic carbocycles. The van der Waals surface area contributed by atoms with Crippen molar-refractivity contribution in [3.63, 3.8) is 0 Å². The fraction of sp³-hybridized carbons (Fsp3) is 0.429. The topological polar surface area (TPSA) is 72.5 Å². The molecule has 0 saturated carbocycles. The van der Waals surface area contributed by atoms with Crippen molar-refractivity contribution in [2.75, 3.05) is 13.7 Å². The molecule has 0 unspecified atom stereocenters. The highest BCUT2D eigenvalue weighted by Gasteiger charge is 2.35. The lowest BCUT2D eigenvalue weighted by atomic mass is 9.86. The summed E-state index contributed by atoms with van der Waals surface area (Å²) in [6.07, 6.45) is 0.974. The summed E-state index contributed by atoms with van der Waals surface area (Å²) in [7, 11) is 1.50. The number of hydrogen-bond donors (Lipinski definition) is 1. The molecule has 1 aliphatic heterocycles. The summed E-state index contributed by atoms with van der Waals surface area (Å²) in [6, 6.07) is 4.81. The van der Waals surface area contributed by atoms with Crippen LogP contribution in [0.25, 0.3) is 0 Å². The van der Waals surface area contributed by atoms with Gasteiger partial charge in [0.15, 0.2) is 0 Å². The smallest absolute Gasteiger partial charge is 0.373 e. The molecule has 1 fully saturated rings. The van der Waals surface area contributed by atoms with Crippen LogP contribution in [0.1, 0.15) is 24.8 Å². The van der Waals surface area contributed by atoms with Gasteiger partial charge >= 0.3 is 6.15 Å². The summed E-state index contributed by atoms with van der Waals surface area (Å²) in [6.45, 7) is 2.46. The standard InChI is InChI=1S/C13H16FNO2.CO2/c1-3-9-11(7-15-13(9)16)10-5-4-8(17-2)6-12(10)14;2-1-3/h4-6,9,11H,3,7H2,1-2H3,(H,15,16);/t9-,11+;/m0./s1. The van der Waals surface area contributed by atoms with Crippen molar-refractivity contribution in [3.8, 4) is 5.75 Å². The van der Waals surface area contributed by atoms with Crippen LogP contribution in [0.3, 0.4) is 0 Å². The Balaban J connectivity index is 0.000000612. The van der Waals surface area contributed by atoms with Crippen molar-refractivity contribution in [1.29, 1.82) is 0 Å². The maximum atomic E-state index is 13.9. The SMILES string of the molecule is CC[C@@H]1C(=O)NC[C@H]1c1ccc(OC)cc1F.O=C=O. The van der Waals surface area contributed by atoms with Crippen molar-refractivity contribution in [1.82, 2.24) is 5.32 Å². The van der Waals surface area contributed by atoms with E-state index >= 15 is 0 Å². The van der Waals surface area contributed by atoms with E-state index in [1.54, 1.807) is 12.1 Å². The Kier molecular flexibility index (Phi) is 5.87. The number of carbonyl (C=O) groups excluding carboxylic acids is 3. The number of rotatable bonds is 3. The Bertz CT molecular complexity index is 512. The minimum Gasteiger partial charge on any atom is -0.497 e. The van der Waals surface area contributed by atoms with E-state index in [1.807, 2.05) is 6.92 Å². The summed E-state index contributed by atoms with van der Waals surface area (Å²) >= 11 is 0. The van der Waals surface area contributed by atoms with Gasteiger partial charge in [-0.15, -0.1) is 0 Å². The molecule has 108 valence electrons. The lowest BCUT2D eigenvalue weighted by molar-refractivity contribution is -0.191. The van der Waals surface area contributed by atoms with Crippen molar-refractivity contribution in [2.45, 2.75) is 19.3 Å². The molecule has 5 nitrogen and oxygen atoms in total. The second kappa shape index (κ2) is 7.40. The first kappa shape index (κ1) is 15.9. The van der Waals surface area contributed by atoms with Crippen LogP contribution in [0.2, 0.25) is 0 Å². The first-order chi connectivity index (χ1) is 9.58. The molecule has 1 amide bonds. The average molecular weight is 281 g/mol. The third-order valence-electron chi connectivity index (χ3n) is 3.37. The molecule has 6 heteroatoms. The Morgan fingerprint density at radius 2 is 2.10 bits per heavy atom. The molecule has 1 aromatic rings. The molecule has 20 heavy (non-hydrogen) atoms. The molecule has 0 aromatic heterocycles. The van der Waals surface area contributed by atoms with Gasteiger partial charge in [0.1, 0.15) is 11.6 Å². The van der Waals surface area contributed by atoms with E-state index in [-0.39, 0.29) is 29.7 Å². The summed E-state index contributed by atoms with van der Waals surface area (Å²) in [5.74, 6) is 0.0184. The highest BCUT2D eigenvalue weighted by Crippen LogP contribution is 2.33. The normalized spacial score (nSPS) is 20.4. The van der Waals surface area contributed by atoms with E-state index in [4.69, 9.17) is 14.3 Å². The van der Waals surface area contributed by atoms with Gasteiger partial charge in [0.05, 0.1) is 7.11 Å². The Morgan fingerprint density at radius 1 is 1.45 bits per heavy atom. The van der Waals surface area contributed by atoms with Crippen LogP contribution < -0.4 is 10.1 Å². The molecule has 0 radical (unpaired) electrons. The molecular weight excluding hydrogens is 265 g/mol. The molecule has 0 bridgehead atoms. The van der Waals surface area contributed by atoms with Gasteiger partial charge in [-0.2, -0.15) is 9.59 Å². The van der Waals surface area contributed by atoms with Crippen molar-refractivity contribution < 1.29 is 23.5 Å². The number of nitrogens with one attached hydrogen (secondary N) is 1. The van der Waals surface area contributed by atoms with Crippen LogP contribution in [-0.4, -0.2) is 25.7 Å². The lowest BCUT2D eigenvalue weighted by Crippen LogP contribution is -2.18. The maximum absolute atomic E-state index is 13.9. The third kappa shape index (κ3) is 3.42. The number of methoxy groups -OCH3 is 1. The summed E-state index contributed by atoms with van der Waals surface area (Å²) in [5.41, 5.74) is 0.594. The highest BCUT2D eigenvalue weighted by atomic mass is 19.1. The summed E-state index contributed by atoms with van der Waals surface area (Å²) < 4.78 is 18.9. The molecule has 0 aliphatic carbocycles. The Labute approximate surface area is 116 Å². The average Bonchev–Trinajstić information content (AvgIpc) is 2.80. The van der Waals surface area contributed by atoms with Crippen molar-refractivity contribution in [2.24, 2.45) is 5.92 Å². The molecule has 1 N–H and O–H groups in total. The van der Waals surface area contributed by atoms with Crippen molar-refractivity contribution >= 4 is 12.1 Å². The molecule has 1 aliphatic rings. The van der Waals surface area contributed by atoms with Crippen molar-refractivity contribution in [3.05, 3.63) is 29.6 Å². The summed E-state index contributed by atoms with van der Waals surface area (Å²) in [4.78, 5) is 27.8. The van der Waals surface area contributed by atoms with Gasteiger partial charge < -0.3 is 10.1 Å². The lowest BCUT2D eigenvalue weighted by Gasteiger charge is -2.16. The maximum Gasteiger partial charge on any atom is 0.373 e. The third-order valence-corrected chi connectivity index (χ3v) is 3.37. The Hall–Kier alpha value is -2.20. The number of hydrogen-bond acceptors (Lipinski definition) is 4. The van der Waals surface area contributed by atoms with Crippen LogP contribution in [0, 0.1) is 11.7 Å². The van der Waals surface area contributed by atoms with E-state index in [0.29, 0.717) is 17.9 Å². The van der Waals surface area contributed by atoms with Gasteiger partial charge in [-0.3, -0.25) is 4.79 Å². The number of amides is 1. The fourth-order valence-electron chi connectivity index (χ4n) is 2.40. The molecule has 2 rings (SSSR count). The second-order valence-electron chi connectivity index (χ2n) is 4.34. The monoisotopic (exact) mass is 281 g/mol. The van der Waals surface area contributed by atoms with Gasteiger partial charge in [0.2, 0.25) is 5.91 Å². The van der Waals surface area contributed by atoms with Crippen LogP contribution in [0.5, 0.6) is 5.75 Å². The van der Waals surface area contributed by atoms with Gasteiger partial charge in [0, 0.05) is 24.4 Å². The zero-order valence-corrected chi connectivity index (χ0v) is 11.3. The van der Waals surface area contributed by atoms with E-state index < -0.39 is 0 Å². The molecule has 1 heterocycles. The van der Waals surface area contributed by atoms with Crippen LogP contribution in [0.15, 0.2) is 18.2 Å². The quantitative estimate of drug-likeness (QED) is 0.911. The minimum atomic E-state index is -0.302. The fourth-order valence-corrected chi connectivity index (χ4v) is 2.40. The molecule has 0 spiro atoms. The van der Waals surface area contributed by atoms with Crippen LogP contribution in [0.4, 0.5) is 4.39 Å². The van der Waals surface area contributed by atoms with E-state index in [9.17, 15) is 9.18 Å². The minimum absolute atomic E-state index is 0.0210. The van der Waals surface area contributed by atoms with Gasteiger partial charge in [-0.1, -0.05) is 13.0 Å². The first-order valence-electron chi connectivity index (χ1n) is 6.19. The van der Waals surface area contributed by atoms with Gasteiger partial charge in [-0.25, -0.2) is 4.39 Å². The summed E-state index contributed by atoms with van der Waals surface area (Å²) in [5, 5.41) is 2.79. The van der Waals surface area contributed by atoms with Crippen LogP contribution in [-0.2, 0) is 14.4 Å². The largest absolute Gasteiger partial charge is 0.497 e. The first-order valence-corrected chi connectivity index (χ1v) is 6.19. The number of halogens is 1. The highest BCUT2D eigenvalue weighted by molar-refractivity contribution is 5.82. The van der Waals surface area contributed by atoms with E-state index in [2.05, 4.69) is 5.32 Å². The molecular formula is C14H16FNO4. The number of benzene rings is 1. The predicted molar refractivity (Wildman–Crippen MR) is 67.5 cm³/mol. The number of carbonyl (C=O) groups is 1. The van der Waals surface area contributed by atoms with E-state index in [0.717, 1.165) is 6.42 Å². The van der Waals surface area contributed by atoms with Gasteiger partial charge in [-0.05, 0) is 18.1 Å². The zero-order chi connectivity index (χ0) is 15.1. The van der Waals surface area contributed by atoms with Crippen LogP contribution >= 0.6 is 0 Å². The predicted octanol–water partition coefficient (Wildman–Crippen LogP) is 1.49. The molecule has 1 saturated heterocycles. The number of ether oxygens (including phenoxy) is 1. The van der Waals surface area contributed by atoms with Gasteiger partial charge in [0.25, 0.3) is 0 Å². The molecule has 2 atom stereocenters. The zero-order valence-electron chi connectivity index (χ0n) is 11.3. The Morgan fingerprint density at radius 3 is 2.60 bits per heavy atom. The second-order valence-corrected chi connectivity index (χ2v) is 4.34.